The highest BCUT2D eigenvalue weighted by molar-refractivity contribution is 7.92. The number of anilines is 1. The molecule has 0 bridgehead atoms. The van der Waals surface area contributed by atoms with E-state index in [0.717, 1.165) is 0 Å². The molecular weight excluding hydrogens is 316 g/mol. The number of benzene rings is 2. The van der Waals surface area contributed by atoms with Gasteiger partial charge in [0.25, 0.3) is 10.0 Å². The molecule has 0 saturated carbocycles. The second-order valence-electron chi connectivity index (χ2n) is 4.69. The molecule has 0 aromatic heterocycles. The molecule has 0 atom stereocenters. The highest BCUT2D eigenvalue weighted by atomic mass is 32.2. The van der Waals surface area contributed by atoms with Crippen LogP contribution in [-0.2, 0) is 14.9 Å². The third kappa shape index (κ3) is 4.01. The van der Waals surface area contributed by atoms with Gasteiger partial charge >= 0.3 is 0 Å². The van der Waals surface area contributed by atoms with E-state index < -0.39 is 10.0 Å². The molecule has 2 rings (SSSR count). The molecule has 6 nitrogen and oxygen atoms in total. The van der Waals surface area contributed by atoms with E-state index in [0.29, 0.717) is 22.7 Å². The zero-order chi connectivity index (χ0) is 16.9. The van der Waals surface area contributed by atoms with Gasteiger partial charge in [0, 0.05) is 5.56 Å². The molecule has 0 unspecified atom stereocenters. The van der Waals surface area contributed by atoms with Crippen LogP contribution in [0.25, 0.3) is 0 Å². The van der Waals surface area contributed by atoms with Crippen molar-refractivity contribution in [1.29, 1.82) is 0 Å². The molecule has 0 spiro atoms. The van der Waals surface area contributed by atoms with Gasteiger partial charge in [0.05, 0.1) is 23.4 Å². The Morgan fingerprint density at radius 1 is 1.04 bits per heavy atom. The number of para-hydroxylation sites is 1. The zero-order valence-corrected chi connectivity index (χ0v) is 13.9. The van der Waals surface area contributed by atoms with Crippen LogP contribution in [0.2, 0.25) is 0 Å². The van der Waals surface area contributed by atoms with Gasteiger partial charge in [-0.15, -0.1) is 0 Å². The number of ether oxygens (including phenoxy) is 1. The van der Waals surface area contributed by atoms with E-state index in [-0.39, 0.29) is 4.90 Å². The second kappa shape index (κ2) is 7.15. The summed E-state index contributed by atoms with van der Waals surface area (Å²) in [4.78, 5) is 4.90. The number of sulfonamides is 1. The Bertz CT molecular complexity index is 799. The number of oxime groups is 1. The lowest BCUT2D eigenvalue weighted by atomic mass is 10.1. The number of hydrogen-bond donors (Lipinski definition) is 1. The van der Waals surface area contributed by atoms with Crippen molar-refractivity contribution in [2.45, 2.75) is 11.8 Å². The van der Waals surface area contributed by atoms with Crippen LogP contribution in [-0.4, -0.2) is 28.3 Å². The third-order valence-electron chi connectivity index (χ3n) is 3.16. The SMILES string of the molecule is CO/N=C(/C)c1ccccc1NS(=O)(=O)c1ccc(OC)cc1. The van der Waals surface area contributed by atoms with Gasteiger partial charge in [0.15, 0.2) is 0 Å². The van der Waals surface area contributed by atoms with Crippen LogP contribution >= 0.6 is 0 Å². The van der Waals surface area contributed by atoms with Crippen LogP contribution in [0.4, 0.5) is 5.69 Å². The lowest BCUT2D eigenvalue weighted by molar-refractivity contribution is 0.213. The normalized spacial score (nSPS) is 11.9. The van der Waals surface area contributed by atoms with Gasteiger partial charge < -0.3 is 9.57 Å². The van der Waals surface area contributed by atoms with Crippen molar-refractivity contribution < 1.29 is 18.0 Å². The number of hydrogen-bond acceptors (Lipinski definition) is 5. The summed E-state index contributed by atoms with van der Waals surface area (Å²) in [6.45, 7) is 1.74. The maximum atomic E-state index is 12.5. The molecule has 0 aliphatic heterocycles. The van der Waals surface area contributed by atoms with Crippen molar-refractivity contribution in [3.63, 3.8) is 0 Å². The Kier molecular flexibility index (Phi) is 5.23. The minimum atomic E-state index is -3.71. The molecule has 0 radical (unpaired) electrons. The van der Waals surface area contributed by atoms with Gasteiger partial charge in [0.2, 0.25) is 0 Å². The van der Waals surface area contributed by atoms with Gasteiger partial charge in [-0.3, -0.25) is 4.72 Å². The summed E-state index contributed by atoms with van der Waals surface area (Å²) < 4.78 is 32.6. The number of methoxy groups -OCH3 is 1. The van der Waals surface area contributed by atoms with Crippen LogP contribution in [0.3, 0.4) is 0 Å². The van der Waals surface area contributed by atoms with Crippen molar-refractivity contribution in [2.24, 2.45) is 5.16 Å². The maximum absolute atomic E-state index is 12.5. The predicted molar refractivity (Wildman–Crippen MR) is 89.5 cm³/mol. The molecule has 0 amide bonds. The Hall–Kier alpha value is -2.54. The van der Waals surface area contributed by atoms with Gasteiger partial charge in [-0.25, -0.2) is 8.42 Å². The largest absolute Gasteiger partial charge is 0.497 e. The van der Waals surface area contributed by atoms with Crippen LogP contribution in [0, 0.1) is 0 Å². The van der Waals surface area contributed by atoms with Gasteiger partial charge in [-0.1, -0.05) is 23.4 Å². The first-order valence-electron chi connectivity index (χ1n) is 6.82. The van der Waals surface area contributed by atoms with Crippen molar-refractivity contribution in [1.82, 2.24) is 0 Å². The minimum absolute atomic E-state index is 0.148. The van der Waals surface area contributed by atoms with Crippen molar-refractivity contribution in [3.05, 3.63) is 54.1 Å². The standard InChI is InChI=1S/C16H18N2O4S/c1-12(17-22-3)15-6-4-5-7-16(15)18-23(19,20)14-10-8-13(21-2)9-11-14/h4-11,18H,1-3H3/b17-12-. The van der Waals surface area contributed by atoms with Crippen LogP contribution in [0.5, 0.6) is 5.75 Å². The first-order chi connectivity index (χ1) is 11.0. The minimum Gasteiger partial charge on any atom is -0.497 e. The topological polar surface area (TPSA) is 77.0 Å². The van der Waals surface area contributed by atoms with Gasteiger partial charge in [-0.05, 0) is 37.3 Å². The van der Waals surface area contributed by atoms with Gasteiger partial charge in [-0.2, -0.15) is 0 Å². The highest BCUT2D eigenvalue weighted by Crippen LogP contribution is 2.22. The summed E-state index contributed by atoms with van der Waals surface area (Å²) >= 11 is 0. The molecule has 0 aliphatic carbocycles. The first-order valence-corrected chi connectivity index (χ1v) is 8.30. The monoisotopic (exact) mass is 334 g/mol. The van der Waals surface area contributed by atoms with E-state index in [2.05, 4.69) is 9.88 Å². The zero-order valence-electron chi connectivity index (χ0n) is 13.1. The van der Waals surface area contributed by atoms with Crippen molar-refractivity contribution in [3.8, 4) is 5.75 Å². The first kappa shape index (κ1) is 16.8. The second-order valence-corrected chi connectivity index (χ2v) is 6.37. The summed E-state index contributed by atoms with van der Waals surface area (Å²) in [6.07, 6.45) is 0. The Morgan fingerprint density at radius 3 is 2.30 bits per heavy atom. The van der Waals surface area contributed by atoms with Crippen molar-refractivity contribution >= 4 is 21.4 Å². The molecule has 0 fully saturated rings. The van der Waals surface area contributed by atoms with Crippen LogP contribution in [0.15, 0.2) is 58.6 Å². The lowest BCUT2D eigenvalue weighted by Gasteiger charge is -2.12. The Balaban J connectivity index is 2.35. The summed E-state index contributed by atoms with van der Waals surface area (Å²) in [7, 11) is -0.749. The average molecular weight is 334 g/mol. The smallest absolute Gasteiger partial charge is 0.261 e. The van der Waals surface area contributed by atoms with Gasteiger partial charge in [0.1, 0.15) is 12.9 Å². The Morgan fingerprint density at radius 2 is 1.70 bits per heavy atom. The molecule has 7 heteroatoms. The van der Waals surface area contributed by atoms with E-state index in [4.69, 9.17) is 9.57 Å². The molecule has 2 aromatic carbocycles. The molecule has 122 valence electrons. The fourth-order valence-electron chi connectivity index (χ4n) is 2.03. The quantitative estimate of drug-likeness (QED) is 0.651. The fourth-order valence-corrected chi connectivity index (χ4v) is 3.11. The van der Waals surface area contributed by atoms with E-state index in [1.807, 2.05) is 0 Å². The Labute approximate surface area is 135 Å². The summed E-state index contributed by atoms with van der Waals surface area (Å²) in [5, 5.41) is 3.85. The molecule has 1 N–H and O–H groups in total. The number of rotatable bonds is 6. The lowest BCUT2D eigenvalue weighted by Crippen LogP contribution is -2.15. The van der Waals surface area contributed by atoms with E-state index in [9.17, 15) is 8.42 Å². The highest BCUT2D eigenvalue weighted by Gasteiger charge is 2.17. The summed E-state index contributed by atoms with van der Waals surface area (Å²) in [5.41, 5.74) is 1.65. The molecular formula is C16H18N2O4S. The van der Waals surface area contributed by atoms with E-state index in [1.54, 1.807) is 43.3 Å². The number of nitrogens with zero attached hydrogens (tertiary/aromatic N) is 1. The van der Waals surface area contributed by atoms with Crippen molar-refractivity contribution in [2.75, 3.05) is 18.9 Å². The summed E-state index contributed by atoms with van der Waals surface area (Å²) in [5.74, 6) is 0.590. The summed E-state index contributed by atoms with van der Waals surface area (Å²) in [6, 6.07) is 13.1. The molecule has 0 aliphatic rings. The fraction of sp³-hybridized carbons (Fsp3) is 0.188. The van der Waals surface area contributed by atoms with E-state index >= 15 is 0 Å². The van der Waals surface area contributed by atoms with Crippen LogP contribution < -0.4 is 9.46 Å². The maximum Gasteiger partial charge on any atom is 0.261 e. The van der Waals surface area contributed by atoms with E-state index in [1.165, 1.54) is 26.4 Å². The third-order valence-corrected chi connectivity index (χ3v) is 4.54. The van der Waals surface area contributed by atoms with Crippen LogP contribution in [0.1, 0.15) is 12.5 Å². The molecule has 2 aromatic rings. The molecule has 23 heavy (non-hydrogen) atoms. The molecule has 0 heterocycles. The predicted octanol–water partition coefficient (Wildman–Crippen LogP) is 2.87. The molecule has 0 saturated heterocycles. The number of nitrogens with one attached hydrogen (secondary N) is 1. The average Bonchev–Trinajstić information content (AvgIpc) is 2.55.